The molecule has 0 heterocycles. The molecule has 0 saturated carbocycles. The van der Waals surface area contributed by atoms with Crippen LogP contribution in [0.25, 0.3) is 0 Å². The van der Waals surface area contributed by atoms with Gasteiger partial charge in [0.2, 0.25) is 10.0 Å². The maximum atomic E-state index is 11.6. The van der Waals surface area contributed by atoms with Crippen molar-refractivity contribution in [3.8, 4) is 5.75 Å². The molecule has 2 N–H and O–H groups in total. The fourth-order valence-corrected chi connectivity index (χ4v) is 1.98. The average Bonchev–Trinajstić information content (AvgIpc) is 2.20. The van der Waals surface area contributed by atoms with Gasteiger partial charge in [-0.2, -0.15) is 0 Å². The van der Waals surface area contributed by atoms with Gasteiger partial charge in [0.25, 0.3) is 0 Å². The van der Waals surface area contributed by atoms with Crippen LogP contribution >= 0.6 is 0 Å². The first-order valence-electron chi connectivity index (χ1n) is 5.58. The molecule has 0 aliphatic rings. The Bertz CT molecular complexity index is 492. The van der Waals surface area contributed by atoms with Crippen LogP contribution in [0.4, 0.5) is 5.69 Å². The molecular formula is C12H19NO3S. The Morgan fingerprint density at radius 1 is 1.18 bits per heavy atom. The van der Waals surface area contributed by atoms with Gasteiger partial charge >= 0.3 is 0 Å². The van der Waals surface area contributed by atoms with Crippen molar-refractivity contribution in [2.24, 2.45) is 0 Å². The van der Waals surface area contributed by atoms with E-state index in [9.17, 15) is 13.5 Å². The standard InChI is InChI=1S/C12H19NO3S/c1-8(2)10-5-6-11(12(14)7-10)13-17(15,16)9(3)4/h5-9,13-14H,1-4H3. The molecular weight excluding hydrogens is 238 g/mol. The number of hydrogen-bond donors (Lipinski definition) is 2. The molecule has 0 unspecified atom stereocenters. The maximum absolute atomic E-state index is 11.6. The second-order valence-electron chi connectivity index (χ2n) is 4.63. The molecule has 0 saturated heterocycles. The summed E-state index contributed by atoms with van der Waals surface area (Å²) in [7, 11) is -3.42. The summed E-state index contributed by atoms with van der Waals surface area (Å²) in [4.78, 5) is 0. The summed E-state index contributed by atoms with van der Waals surface area (Å²) in [5.74, 6) is 0.247. The zero-order chi connectivity index (χ0) is 13.2. The first-order chi connectivity index (χ1) is 7.74. The second-order valence-corrected chi connectivity index (χ2v) is 6.86. The lowest BCUT2D eigenvalue weighted by Crippen LogP contribution is -2.22. The molecule has 1 aromatic rings. The second kappa shape index (κ2) is 4.96. The van der Waals surface area contributed by atoms with Crippen LogP contribution in [0.15, 0.2) is 18.2 Å². The normalized spacial score (nSPS) is 12.1. The monoisotopic (exact) mass is 257 g/mol. The largest absolute Gasteiger partial charge is 0.506 e. The average molecular weight is 257 g/mol. The highest BCUT2D eigenvalue weighted by Gasteiger charge is 2.17. The number of anilines is 1. The van der Waals surface area contributed by atoms with E-state index >= 15 is 0 Å². The Morgan fingerprint density at radius 2 is 1.76 bits per heavy atom. The first kappa shape index (κ1) is 13.8. The molecule has 0 aliphatic heterocycles. The molecule has 0 aliphatic carbocycles. The Kier molecular flexibility index (Phi) is 4.03. The summed E-state index contributed by atoms with van der Waals surface area (Å²) < 4.78 is 25.7. The predicted molar refractivity (Wildman–Crippen MR) is 69.9 cm³/mol. The van der Waals surface area contributed by atoms with Crippen LogP contribution in [0.3, 0.4) is 0 Å². The first-order valence-corrected chi connectivity index (χ1v) is 7.13. The number of nitrogens with one attached hydrogen (secondary N) is 1. The fraction of sp³-hybridized carbons (Fsp3) is 0.500. The molecule has 1 aromatic carbocycles. The van der Waals surface area contributed by atoms with Crippen LogP contribution in [-0.4, -0.2) is 18.8 Å². The molecule has 0 aromatic heterocycles. The van der Waals surface area contributed by atoms with Gasteiger partial charge in [0.1, 0.15) is 5.75 Å². The van der Waals surface area contributed by atoms with Crippen molar-refractivity contribution in [3.63, 3.8) is 0 Å². The third-order valence-corrected chi connectivity index (χ3v) is 4.31. The molecule has 4 nitrogen and oxygen atoms in total. The molecule has 0 bridgehead atoms. The minimum atomic E-state index is -3.42. The zero-order valence-corrected chi connectivity index (χ0v) is 11.4. The smallest absolute Gasteiger partial charge is 0.235 e. The van der Waals surface area contributed by atoms with E-state index in [0.29, 0.717) is 0 Å². The van der Waals surface area contributed by atoms with E-state index in [2.05, 4.69) is 4.72 Å². The van der Waals surface area contributed by atoms with Gasteiger partial charge in [0.05, 0.1) is 10.9 Å². The third-order valence-electron chi connectivity index (χ3n) is 2.56. The topological polar surface area (TPSA) is 66.4 Å². The Labute approximate surface area is 103 Å². The van der Waals surface area contributed by atoms with Crippen LogP contribution in [-0.2, 0) is 10.0 Å². The van der Waals surface area contributed by atoms with E-state index in [4.69, 9.17) is 0 Å². The van der Waals surface area contributed by atoms with Crippen LogP contribution in [0.1, 0.15) is 39.2 Å². The lowest BCUT2D eigenvalue weighted by Gasteiger charge is -2.13. The lowest BCUT2D eigenvalue weighted by molar-refractivity contribution is 0.476. The van der Waals surface area contributed by atoms with Crippen LogP contribution in [0.5, 0.6) is 5.75 Å². The molecule has 5 heteroatoms. The van der Waals surface area contributed by atoms with E-state index in [1.807, 2.05) is 19.9 Å². The van der Waals surface area contributed by atoms with Gasteiger partial charge in [0.15, 0.2) is 0 Å². The molecule has 0 atom stereocenters. The summed E-state index contributed by atoms with van der Waals surface area (Å²) in [6.07, 6.45) is 0. The number of hydrogen-bond acceptors (Lipinski definition) is 3. The van der Waals surface area contributed by atoms with Crippen molar-refractivity contribution in [3.05, 3.63) is 23.8 Å². The zero-order valence-electron chi connectivity index (χ0n) is 10.6. The van der Waals surface area contributed by atoms with Crippen molar-refractivity contribution >= 4 is 15.7 Å². The van der Waals surface area contributed by atoms with Gasteiger partial charge in [-0.3, -0.25) is 4.72 Å². The van der Waals surface area contributed by atoms with Gasteiger partial charge in [-0.1, -0.05) is 19.9 Å². The Morgan fingerprint density at radius 3 is 2.18 bits per heavy atom. The van der Waals surface area contributed by atoms with E-state index < -0.39 is 15.3 Å². The van der Waals surface area contributed by atoms with Crippen LogP contribution in [0, 0.1) is 0 Å². The maximum Gasteiger partial charge on any atom is 0.235 e. The summed E-state index contributed by atoms with van der Waals surface area (Å²) in [6.45, 7) is 7.18. The van der Waals surface area contributed by atoms with Crippen LogP contribution < -0.4 is 4.72 Å². The SMILES string of the molecule is CC(C)c1ccc(NS(=O)(=O)C(C)C)c(O)c1. The van der Waals surface area contributed by atoms with Crippen molar-refractivity contribution < 1.29 is 13.5 Å². The number of phenolic OH excluding ortho intramolecular Hbond substituents is 1. The Balaban J connectivity index is 3.02. The number of sulfonamides is 1. The minimum Gasteiger partial charge on any atom is -0.506 e. The molecule has 0 radical (unpaired) electrons. The molecule has 96 valence electrons. The highest BCUT2D eigenvalue weighted by molar-refractivity contribution is 7.93. The van der Waals surface area contributed by atoms with Crippen molar-refractivity contribution in [1.29, 1.82) is 0 Å². The Hall–Kier alpha value is -1.23. The number of benzene rings is 1. The van der Waals surface area contributed by atoms with Gasteiger partial charge < -0.3 is 5.11 Å². The van der Waals surface area contributed by atoms with Gasteiger partial charge in [0, 0.05) is 0 Å². The predicted octanol–water partition coefficient (Wildman–Crippen LogP) is 2.67. The van der Waals surface area contributed by atoms with Gasteiger partial charge in [-0.15, -0.1) is 0 Å². The summed E-state index contributed by atoms with van der Waals surface area (Å²) in [6, 6.07) is 4.98. The summed E-state index contributed by atoms with van der Waals surface area (Å²) in [5.41, 5.74) is 1.19. The highest BCUT2D eigenvalue weighted by atomic mass is 32.2. The summed E-state index contributed by atoms with van der Waals surface area (Å²) >= 11 is 0. The van der Waals surface area contributed by atoms with Gasteiger partial charge in [-0.25, -0.2) is 8.42 Å². The van der Waals surface area contributed by atoms with Crippen molar-refractivity contribution in [1.82, 2.24) is 0 Å². The highest BCUT2D eigenvalue weighted by Crippen LogP contribution is 2.28. The van der Waals surface area contributed by atoms with E-state index in [-0.39, 0.29) is 17.4 Å². The summed E-state index contributed by atoms with van der Waals surface area (Å²) in [5, 5.41) is 9.22. The van der Waals surface area contributed by atoms with Crippen molar-refractivity contribution in [2.75, 3.05) is 4.72 Å². The number of rotatable bonds is 4. The fourth-order valence-electron chi connectivity index (χ4n) is 1.27. The quantitative estimate of drug-likeness (QED) is 0.815. The molecule has 17 heavy (non-hydrogen) atoms. The number of phenols is 1. The lowest BCUT2D eigenvalue weighted by atomic mass is 10.0. The van der Waals surface area contributed by atoms with Crippen molar-refractivity contribution in [2.45, 2.75) is 38.9 Å². The third kappa shape index (κ3) is 3.36. The molecule has 0 fully saturated rings. The minimum absolute atomic E-state index is 0.0413. The van der Waals surface area contributed by atoms with E-state index in [1.165, 1.54) is 0 Å². The van der Waals surface area contributed by atoms with Crippen LogP contribution in [0.2, 0.25) is 0 Å². The van der Waals surface area contributed by atoms with E-state index in [1.54, 1.807) is 26.0 Å². The molecule has 0 amide bonds. The number of aromatic hydroxyl groups is 1. The van der Waals surface area contributed by atoms with E-state index in [0.717, 1.165) is 5.56 Å². The molecule has 1 rings (SSSR count). The molecule has 0 spiro atoms. The van der Waals surface area contributed by atoms with Gasteiger partial charge in [-0.05, 0) is 37.5 Å².